The maximum absolute atomic E-state index is 12.8. The van der Waals surface area contributed by atoms with Crippen LogP contribution < -0.4 is 16.3 Å². The molecule has 0 saturated carbocycles. The van der Waals surface area contributed by atoms with E-state index in [1.54, 1.807) is 0 Å². The van der Waals surface area contributed by atoms with E-state index < -0.39 is 6.29 Å². The number of nitrogens with one attached hydrogen (secondary N) is 3. The minimum Gasteiger partial charge on any atom is -0.392 e. The highest BCUT2D eigenvalue weighted by molar-refractivity contribution is 5.75. The van der Waals surface area contributed by atoms with Gasteiger partial charge in [0.2, 0.25) is 0 Å². The van der Waals surface area contributed by atoms with Crippen LogP contribution in [0.2, 0.25) is 0 Å². The van der Waals surface area contributed by atoms with E-state index in [0.29, 0.717) is 19.5 Å². The number of carbonyl (C=O) groups excluding carboxylic acids is 1. The van der Waals surface area contributed by atoms with Crippen molar-refractivity contribution in [3.63, 3.8) is 0 Å². The highest BCUT2D eigenvalue weighted by atomic mass is 16.7. The van der Waals surface area contributed by atoms with E-state index in [2.05, 4.69) is 56.9 Å². The van der Waals surface area contributed by atoms with Gasteiger partial charge in [-0.2, -0.15) is 0 Å². The van der Waals surface area contributed by atoms with Gasteiger partial charge in [0.05, 0.1) is 29.8 Å². The van der Waals surface area contributed by atoms with Gasteiger partial charge in [0, 0.05) is 50.7 Å². The molecule has 2 amide bonds. The van der Waals surface area contributed by atoms with Gasteiger partial charge >= 0.3 is 11.7 Å². The SMILES string of the molecule is CCNC(=O)NCc1cccc(-c2ccc(C3OC(CN4CCC(n5c(=O)[nH]c6ccccc65)CC4)CC(c4ccc(CO)cc4)O3)cc2)c1. The molecule has 3 atom stereocenters. The first-order valence-corrected chi connectivity index (χ1v) is 17.6. The first kappa shape index (κ1) is 33.7. The van der Waals surface area contributed by atoms with E-state index in [1.165, 1.54) is 0 Å². The van der Waals surface area contributed by atoms with Crippen molar-refractivity contribution >= 4 is 17.1 Å². The average molecular weight is 676 g/mol. The van der Waals surface area contributed by atoms with Crippen molar-refractivity contribution < 1.29 is 19.4 Å². The Bertz CT molecular complexity index is 1950. The first-order valence-electron chi connectivity index (χ1n) is 17.6. The average Bonchev–Trinajstić information content (AvgIpc) is 3.50. The lowest BCUT2D eigenvalue weighted by molar-refractivity contribution is -0.253. The molecule has 2 fully saturated rings. The molecule has 0 radical (unpaired) electrons. The van der Waals surface area contributed by atoms with Crippen LogP contribution in [-0.2, 0) is 22.6 Å². The number of fused-ring (bicyclic) bond motifs is 1. The summed E-state index contributed by atoms with van der Waals surface area (Å²) >= 11 is 0. The molecule has 7 rings (SSSR count). The van der Waals surface area contributed by atoms with Crippen molar-refractivity contribution in [1.29, 1.82) is 0 Å². The molecule has 0 spiro atoms. The number of ether oxygens (including phenoxy) is 2. The van der Waals surface area contributed by atoms with Gasteiger partial charge in [0.1, 0.15) is 0 Å². The molecule has 1 aromatic heterocycles. The number of aromatic amines is 1. The van der Waals surface area contributed by atoms with E-state index in [4.69, 9.17) is 9.47 Å². The molecule has 4 N–H and O–H groups in total. The number of benzene rings is 4. The van der Waals surface area contributed by atoms with Crippen molar-refractivity contribution in [2.75, 3.05) is 26.2 Å². The lowest BCUT2D eigenvalue weighted by Crippen LogP contribution is -2.43. The summed E-state index contributed by atoms with van der Waals surface area (Å²) in [6.07, 6.45) is 1.74. The fraction of sp³-hybridized carbons (Fsp3) is 0.350. The molecule has 4 aromatic carbocycles. The first-order chi connectivity index (χ1) is 24.5. The van der Waals surface area contributed by atoms with E-state index in [0.717, 1.165) is 76.9 Å². The van der Waals surface area contributed by atoms with Gasteiger partial charge in [-0.1, -0.05) is 78.9 Å². The number of amides is 2. The Morgan fingerprint density at radius 1 is 0.860 bits per heavy atom. The van der Waals surface area contributed by atoms with Crippen molar-refractivity contribution in [3.05, 3.63) is 130 Å². The minimum atomic E-state index is -0.541. The highest BCUT2D eigenvalue weighted by Gasteiger charge is 2.34. The summed E-state index contributed by atoms with van der Waals surface area (Å²) in [5.41, 5.74) is 7.83. The molecule has 0 bridgehead atoms. The Balaban J connectivity index is 1.04. The van der Waals surface area contributed by atoms with Crippen LogP contribution in [0.4, 0.5) is 4.79 Å². The molecule has 0 aliphatic carbocycles. The smallest absolute Gasteiger partial charge is 0.326 e. The summed E-state index contributed by atoms with van der Waals surface area (Å²) in [6.45, 7) is 5.46. The Hall–Kier alpha value is -4.74. The van der Waals surface area contributed by atoms with Crippen molar-refractivity contribution in [2.24, 2.45) is 0 Å². The molecule has 2 aliphatic heterocycles. The molecular formula is C40H45N5O5. The number of aliphatic hydroxyl groups is 1. The zero-order chi connectivity index (χ0) is 34.5. The van der Waals surface area contributed by atoms with Crippen molar-refractivity contribution in [2.45, 2.75) is 63.9 Å². The molecule has 2 aliphatic rings. The van der Waals surface area contributed by atoms with Gasteiger partial charge in [0.15, 0.2) is 6.29 Å². The Morgan fingerprint density at radius 3 is 2.38 bits per heavy atom. The van der Waals surface area contributed by atoms with Crippen LogP contribution in [0, 0.1) is 0 Å². The number of hydrogen-bond acceptors (Lipinski definition) is 6. The number of piperidine rings is 1. The van der Waals surface area contributed by atoms with Gasteiger partial charge in [0.25, 0.3) is 0 Å². The van der Waals surface area contributed by atoms with Crippen LogP contribution in [0.15, 0.2) is 102 Å². The van der Waals surface area contributed by atoms with Crippen LogP contribution >= 0.6 is 0 Å². The Kier molecular flexibility index (Phi) is 10.4. The number of hydrogen-bond donors (Lipinski definition) is 4. The summed E-state index contributed by atoms with van der Waals surface area (Å²) in [7, 11) is 0. The molecule has 10 heteroatoms. The number of aromatic nitrogens is 2. The number of rotatable bonds is 10. The maximum atomic E-state index is 12.8. The molecule has 5 aromatic rings. The summed E-state index contributed by atoms with van der Waals surface area (Å²) in [6, 6.07) is 32.3. The van der Waals surface area contributed by atoms with Crippen LogP contribution in [0.3, 0.4) is 0 Å². The summed E-state index contributed by atoms with van der Waals surface area (Å²) in [4.78, 5) is 30.2. The van der Waals surface area contributed by atoms with Crippen LogP contribution in [0.5, 0.6) is 0 Å². The largest absolute Gasteiger partial charge is 0.392 e. The van der Waals surface area contributed by atoms with Gasteiger partial charge in [-0.25, -0.2) is 9.59 Å². The zero-order valence-electron chi connectivity index (χ0n) is 28.4. The third-order valence-corrected chi connectivity index (χ3v) is 9.86. The second-order valence-electron chi connectivity index (χ2n) is 13.2. The van der Waals surface area contributed by atoms with Crippen molar-refractivity contribution in [1.82, 2.24) is 25.1 Å². The predicted molar refractivity (Wildman–Crippen MR) is 193 cm³/mol. The molecule has 50 heavy (non-hydrogen) atoms. The molecule has 3 unspecified atom stereocenters. The molecule has 260 valence electrons. The van der Waals surface area contributed by atoms with E-state index in [-0.39, 0.29) is 36.6 Å². The van der Waals surface area contributed by atoms with Crippen LogP contribution in [0.1, 0.15) is 66.9 Å². The number of imidazole rings is 1. The fourth-order valence-corrected chi connectivity index (χ4v) is 7.22. The number of para-hydroxylation sites is 2. The lowest BCUT2D eigenvalue weighted by atomic mass is 9.98. The topological polar surface area (TPSA) is 121 Å². The fourth-order valence-electron chi connectivity index (χ4n) is 7.22. The quantitative estimate of drug-likeness (QED) is 0.140. The van der Waals surface area contributed by atoms with Crippen molar-refractivity contribution in [3.8, 4) is 11.1 Å². The van der Waals surface area contributed by atoms with Gasteiger partial charge < -0.3 is 35.1 Å². The number of likely N-dealkylation sites (tertiary alicyclic amines) is 1. The van der Waals surface area contributed by atoms with Gasteiger partial charge in [-0.05, 0) is 65.8 Å². The number of aliphatic hydroxyl groups excluding tert-OH is 1. The predicted octanol–water partition coefficient (Wildman–Crippen LogP) is 6.19. The maximum Gasteiger partial charge on any atom is 0.326 e. The molecule has 2 saturated heterocycles. The molecule has 3 heterocycles. The summed E-state index contributed by atoms with van der Waals surface area (Å²) < 4.78 is 15.2. The third-order valence-electron chi connectivity index (χ3n) is 9.86. The second-order valence-corrected chi connectivity index (χ2v) is 13.2. The standard InChI is InChI=1S/C40H45N5O5/c1-2-41-39(47)42-24-28-6-5-7-32(22-28)29-14-16-31(17-15-29)38-49-34(23-37(50-38)30-12-10-27(26-46)11-13-30)25-44-20-18-33(19-21-44)45-36-9-4-3-8-35(36)43-40(45)48/h3-17,22,33-34,37-38,46H,2,18-21,23-26H2,1H3,(H,43,48)(H2,41,42,47). The van der Waals surface area contributed by atoms with Crippen LogP contribution in [-0.4, -0.2) is 57.9 Å². The monoisotopic (exact) mass is 675 g/mol. The number of H-pyrrole nitrogens is 1. The third kappa shape index (κ3) is 7.69. The second kappa shape index (κ2) is 15.4. The van der Waals surface area contributed by atoms with Gasteiger partial charge in [-0.3, -0.25) is 4.57 Å². The molecule has 10 nitrogen and oxygen atoms in total. The number of urea groups is 1. The van der Waals surface area contributed by atoms with E-state index in [9.17, 15) is 14.7 Å². The zero-order valence-corrected chi connectivity index (χ0v) is 28.4. The molecular weight excluding hydrogens is 630 g/mol. The Labute approximate surface area is 292 Å². The summed E-state index contributed by atoms with van der Waals surface area (Å²) in [5, 5.41) is 15.2. The number of nitrogens with zero attached hydrogens (tertiary/aromatic N) is 2. The lowest BCUT2D eigenvalue weighted by Gasteiger charge is -2.40. The van der Waals surface area contributed by atoms with E-state index >= 15 is 0 Å². The van der Waals surface area contributed by atoms with Gasteiger partial charge in [-0.15, -0.1) is 0 Å². The Morgan fingerprint density at radius 2 is 1.62 bits per heavy atom. The normalized spacial score (nSPS) is 20.2. The number of carbonyl (C=O) groups is 1. The highest BCUT2D eigenvalue weighted by Crippen LogP contribution is 2.39. The summed E-state index contributed by atoms with van der Waals surface area (Å²) in [5.74, 6) is 0. The minimum absolute atomic E-state index is 0.000744. The van der Waals surface area contributed by atoms with Crippen LogP contribution in [0.25, 0.3) is 22.2 Å². The van der Waals surface area contributed by atoms with E-state index in [1.807, 2.05) is 72.2 Å².